The highest BCUT2D eigenvalue weighted by Crippen LogP contribution is 2.61. The summed E-state index contributed by atoms with van der Waals surface area (Å²) in [5.74, 6) is -3.61. The SMILES string of the molecule is Cc1c(OCC(=O)NCCNC(=O)Cc2cc(=O)oc3cc(N(C)C)ccc23)cc2c(c1O)C(=O)[C@@]1(Cl)C[C@@H](Cl)C(C)(C)O[C@@]1(C[C@@H]1C(C)(O)CC[C@H](Cl)C1(C)C)C2=O. The molecule has 1 aliphatic heterocycles. The number of carbonyl (C=O) groups is 4. The summed E-state index contributed by atoms with van der Waals surface area (Å²) in [5.41, 5.74) is -4.50. The summed E-state index contributed by atoms with van der Waals surface area (Å²) < 4.78 is 17.8. The molecule has 4 N–H and O–H groups in total. The number of phenolic OH excluding ortho intramolecular Hbond substituents is 1. The lowest BCUT2D eigenvalue weighted by Gasteiger charge is -2.60. The lowest BCUT2D eigenvalue weighted by atomic mass is 9.54. The van der Waals surface area contributed by atoms with E-state index in [4.69, 9.17) is 48.7 Å². The van der Waals surface area contributed by atoms with E-state index < -0.39 is 73.8 Å². The molecule has 2 aromatic carbocycles. The summed E-state index contributed by atoms with van der Waals surface area (Å²) in [6, 6.07) is 7.96. The van der Waals surface area contributed by atoms with Crippen molar-refractivity contribution < 1.29 is 43.3 Å². The molecule has 0 spiro atoms. The number of halogens is 3. The van der Waals surface area contributed by atoms with Crippen molar-refractivity contribution in [2.24, 2.45) is 11.3 Å². The predicted octanol–water partition coefficient (Wildman–Crippen LogP) is 5.81. The topological polar surface area (TPSA) is 185 Å². The first-order valence-corrected chi connectivity index (χ1v) is 20.9. The molecule has 1 aromatic heterocycles. The number of anilines is 1. The third-order valence-electron chi connectivity index (χ3n) is 12.7. The Morgan fingerprint density at radius 3 is 2.29 bits per heavy atom. The van der Waals surface area contributed by atoms with Crippen molar-refractivity contribution in [1.29, 1.82) is 0 Å². The third-order valence-corrected chi connectivity index (χ3v) is 14.7. The number of Topliss-reactive ketones (excluding diaryl/α,β-unsaturated/α-hetero) is 2. The number of benzene rings is 2. The van der Waals surface area contributed by atoms with Gasteiger partial charge in [-0.15, -0.1) is 34.8 Å². The lowest BCUT2D eigenvalue weighted by molar-refractivity contribution is -0.189. The standard InChI is InChI=1S/C43H52Cl3N3O10/c1-22-27(57-21-33(51)48-14-13-47-32(50)15-23-16-34(52)58-28-17-24(49(7)8)9-10-25(23)28)18-26-35(36(22)53)38(55)42(46)20-31(45)40(4,5)59-43(42,37(26)54)19-29-39(2,3)30(44)11-12-41(29,6)56/h9-10,16-18,29-31,53,56H,11-15,19-21H2,1-8H3,(H,47,50)(H,48,51)/t29-,30-,31+,41?,42-,43-/m0/s1. The van der Waals surface area contributed by atoms with E-state index in [2.05, 4.69) is 10.6 Å². The number of ether oxygens (including phenoxy) is 2. The van der Waals surface area contributed by atoms with E-state index in [9.17, 15) is 29.4 Å². The number of phenols is 1. The van der Waals surface area contributed by atoms with Crippen LogP contribution in [0, 0.1) is 18.3 Å². The Morgan fingerprint density at radius 2 is 1.63 bits per heavy atom. The quantitative estimate of drug-likeness (QED) is 0.104. The minimum atomic E-state index is -2.05. The Labute approximate surface area is 358 Å². The van der Waals surface area contributed by atoms with Gasteiger partial charge in [-0.05, 0) is 88.5 Å². The molecule has 16 heteroatoms. The maximum Gasteiger partial charge on any atom is 0.336 e. The molecular weight excluding hydrogens is 825 g/mol. The van der Waals surface area contributed by atoms with Gasteiger partial charge in [-0.1, -0.05) is 13.8 Å². The first-order chi connectivity index (χ1) is 27.4. The highest BCUT2D eigenvalue weighted by Gasteiger charge is 2.72. The first kappa shape index (κ1) is 44.7. The maximum atomic E-state index is 15.1. The summed E-state index contributed by atoms with van der Waals surface area (Å²) in [6.07, 6.45) is 0.452. The van der Waals surface area contributed by atoms with Gasteiger partial charge in [0.25, 0.3) is 5.91 Å². The van der Waals surface area contributed by atoms with Gasteiger partial charge in [0.2, 0.25) is 5.91 Å². The number of fused-ring (bicyclic) bond motifs is 3. The number of hydrogen-bond donors (Lipinski definition) is 4. The summed E-state index contributed by atoms with van der Waals surface area (Å²) in [4.78, 5) is 67.5. The van der Waals surface area contributed by atoms with Gasteiger partial charge in [-0.25, -0.2) is 4.79 Å². The average molecular weight is 877 g/mol. The summed E-state index contributed by atoms with van der Waals surface area (Å²) in [7, 11) is 3.72. The molecule has 59 heavy (non-hydrogen) atoms. The van der Waals surface area contributed by atoms with Crippen LogP contribution in [0.25, 0.3) is 11.0 Å². The molecule has 6 rings (SSSR count). The van der Waals surface area contributed by atoms with Crippen LogP contribution in [0.4, 0.5) is 5.69 Å². The summed E-state index contributed by atoms with van der Waals surface area (Å²) in [6.45, 7) is 9.98. The van der Waals surface area contributed by atoms with E-state index in [1.807, 2.05) is 38.9 Å². The number of hydrogen-bond acceptors (Lipinski definition) is 11. The smallest absolute Gasteiger partial charge is 0.336 e. The average Bonchev–Trinajstić information content (AvgIpc) is 3.14. The maximum absolute atomic E-state index is 15.1. The van der Waals surface area contributed by atoms with Crippen LogP contribution < -0.4 is 25.9 Å². The largest absolute Gasteiger partial charge is 0.507 e. The number of ketones is 2. The second-order valence-electron chi connectivity index (χ2n) is 17.7. The van der Waals surface area contributed by atoms with Crippen LogP contribution in [0.2, 0.25) is 0 Å². The van der Waals surface area contributed by atoms with Crippen LogP contribution in [0.5, 0.6) is 11.5 Å². The molecule has 1 unspecified atom stereocenters. The molecule has 0 bridgehead atoms. The molecule has 3 aliphatic rings. The van der Waals surface area contributed by atoms with E-state index in [-0.39, 0.29) is 66.1 Å². The molecular formula is C43H52Cl3N3O10. The normalized spacial score (nSPS) is 28.4. The van der Waals surface area contributed by atoms with E-state index in [1.54, 1.807) is 32.9 Å². The first-order valence-electron chi connectivity index (χ1n) is 19.6. The van der Waals surface area contributed by atoms with E-state index in [0.29, 0.717) is 29.4 Å². The zero-order chi connectivity index (χ0) is 43.6. The lowest BCUT2D eigenvalue weighted by Crippen LogP contribution is -2.74. The van der Waals surface area contributed by atoms with Crippen LogP contribution >= 0.6 is 34.8 Å². The minimum absolute atomic E-state index is 0.0311. The third kappa shape index (κ3) is 7.93. The van der Waals surface area contributed by atoms with Gasteiger partial charge in [-0.2, -0.15) is 0 Å². The van der Waals surface area contributed by atoms with Crippen molar-refractivity contribution in [2.75, 3.05) is 38.7 Å². The van der Waals surface area contributed by atoms with Gasteiger partial charge in [0.1, 0.15) is 22.0 Å². The van der Waals surface area contributed by atoms with Crippen molar-refractivity contribution in [1.82, 2.24) is 10.6 Å². The van der Waals surface area contributed by atoms with Crippen LogP contribution in [-0.2, 0) is 20.7 Å². The van der Waals surface area contributed by atoms with E-state index in [0.717, 1.165) is 5.69 Å². The second kappa shape index (κ2) is 15.9. The Bertz CT molecular complexity index is 2270. The number of carbonyl (C=O) groups excluding carboxylic acids is 4. The number of alkyl halides is 3. The van der Waals surface area contributed by atoms with Gasteiger partial charge >= 0.3 is 5.63 Å². The van der Waals surface area contributed by atoms with Crippen molar-refractivity contribution in [3.8, 4) is 11.5 Å². The number of nitrogens with zero attached hydrogens (tertiary/aromatic N) is 1. The molecule has 3 aromatic rings. The highest BCUT2D eigenvalue weighted by molar-refractivity contribution is 6.45. The molecule has 320 valence electrons. The molecule has 2 fully saturated rings. The van der Waals surface area contributed by atoms with Crippen LogP contribution in [0.3, 0.4) is 0 Å². The number of amides is 2. The molecule has 1 saturated carbocycles. The number of aliphatic hydroxyl groups is 1. The number of nitrogens with one attached hydrogen (secondary N) is 2. The predicted molar refractivity (Wildman–Crippen MR) is 226 cm³/mol. The molecule has 2 heterocycles. The Balaban J connectivity index is 1.17. The van der Waals surface area contributed by atoms with Gasteiger partial charge < -0.3 is 39.6 Å². The Morgan fingerprint density at radius 1 is 0.966 bits per heavy atom. The van der Waals surface area contributed by atoms with Crippen LogP contribution in [0.1, 0.15) is 92.1 Å². The van der Waals surface area contributed by atoms with E-state index in [1.165, 1.54) is 19.1 Å². The zero-order valence-electron chi connectivity index (χ0n) is 34.5. The molecule has 2 aliphatic carbocycles. The van der Waals surface area contributed by atoms with Crippen molar-refractivity contribution in [3.05, 3.63) is 63.0 Å². The second-order valence-corrected chi connectivity index (χ2v) is 19.4. The van der Waals surface area contributed by atoms with Crippen LogP contribution in [-0.4, -0.2) is 99.8 Å². The van der Waals surface area contributed by atoms with Crippen LogP contribution in [0.15, 0.2) is 39.5 Å². The molecule has 2 amide bonds. The fourth-order valence-corrected chi connectivity index (χ4v) is 10.1. The fraction of sp³-hybridized carbons (Fsp3) is 0.558. The van der Waals surface area contributed by atoms with Gasteiger partial charge in [0, 0.05) is 66.9 Å². The van der Waals surface area contributed by atoms with Crippen molar-refractivity contribution >= 4 is 74.8 Å². The van der Waals surface area contributed by atoms with Gasteiger partial charge in [0.15, 0.2) is 23.8 Å². The van der Waals surface area contributed by atoms with Crippen molar-refractivity contribution in [2.45, 2.75) is 106 Å². The molecule has 13 nitrogen and oxygen atoms in total. The minimum Gasteiger partial charge on any atom is -0.507 e. The van der Waals surface area contributed by atoms with Crippen molar-refractivity contribution in [3.63, 3.8) is 0 Å². The van der Waals surface area contributed by atoms with Gasteiger partial charge in [0.05, 0.1) is 28.6 Å². The van der Waals surface area contributed by atoms with E-state index >= 15 is 4.79 Å². The fourth-order valence-electron chi connectivity index (χ4n) is 9.00. The Kier molecular flexibility index (Phi) is 12.0. The summed E-state index contributed by atoms with van der Waals surface area (Å²) >= 11 is 21.0. The summed E-state index contributed by atoms with van der Waals surface area (Å²) in [5, 5.41) is 28.1. The Hall–Kier alpha value is -3.88. The van der Waals surface area contributed by atoms with Gasteiger partial charge in [-0.3, -0.25) is 19.2 Å². The monoisotopic (exact) mass is 875 g/mol. The molecule has 0 radical (unpaired) electrons. The zero-order valence-corrected chi connectivity index (χ0v) is 36.8. The highest BCUT2D eigenvalue weighted by atomic mass is 35.5. The number of rotatable bonds is 11. The molecule has 1 saturated heterocycles. The number of aromatic hydroxyl groups is 1. The molecule has 6 atom stereocenters.